The Morgan fingerprint density at radius 2 is 2.11 bits per heavy atom. The van der Waals surface area contributed by atoms with E-state index in [-0.39, 0.29) is 6.03 Å². The highest BCUT2D eigenvalue weighted by Gasteiger charge is 2.34. The van der Waals surface area contributed by atoms with Crippen molar-refractivity contribution in [1.82, 2.24) is 20.1 Å². The van der Waals surface area contributed by atoms with Crippen LogP contribution >= 0.6 is 0 Å². The van der Waals surface area contributed by atoms with Gasteiger partial charge in [-0.15, -0.1) is 0 Å². The Balaban J connectivity index is 1.62. The van der Waals surface area contributed by atoms with Crippen LogP contribution in [0, 0.1) is 0 Å². The number of hydrogen-bond donors (Lipinski definition) is 1. The minimum atomic E-state index is 0.178. The summed E-state index contributed by atoms with van der Waals surface area (Å²) >= 11 is 0. The van der Waals surface area contributed by atoms with E-state index in [1.54, 1.807) is 6.20 Å². The van der Waals surface area contributed by atoms with Gasteiger partial charge in [0.05, 0.1) is 12.2 Å². The van der Waals surface area contributed by atoms with Crippen molar-refractivity contribution >= 4 is 6.03 Å². The van der Waals surface area contributed by atoms with Gasteiger partial charge in [-0.2, -0.15) is 0 Å². The van der Waals surface area contributed by atoms with E-state index in [1.807, 2.05) is 28.0 Å². The summed E-state index contributed by atoms with van der Waals surface area (Å²) in [5, 5.41) is 3.34. The van der Waals surface area contributed by atoms with Crippen LogP contribution in [0.3, 0.4) is 0 Å². The zero-order valence-electron chi connectivity index (χ0n) is 11.1. The molecule has 2 aliphatic heterocycles. The van der Waals surface area contributed by atoms with Crippen LogP contribution in [0.25, 0.3) is 0 Å². The van der Waals surface area contributed by atoms with Gasteiger partial charge in [-0.05, 0) is 38.1 Å². The van der Waals surface area contributed by atoms with Crippen molar-refractivity contribution < 1.29 is 4.79 Å². The van der Waals surface area contributed by atoms with Crippen molar-refractivity contribution in [2.75, 3.05) is 26.2 Å². The van der Waals surface area contributed by atoms with E-state index in [9.17, 15) is 4.79 Å². The van der Waals surface area contributed by atoms with Gasteiger partial charge in [-0.1, -0.05) is 6.07 Å². The lowest BCUT2D eigenvalue weighted by atomic mass is 10.1. The molecule has 0 aliphatic carbocycles. The maximum Gasteiger partial charge on any atom is 0.320 e. The lowest BCUT2D eigenvalue weighted by Crippen LogP contribution is -2.45. The Hall–Kier alpha value is -1.62. The molecule has 0 atom stereocenters. The molecule has 2 aliphatic rings. The third kappa shape index (κ3) is 2.71. The maximum atomic E-state index is 12.4. The van der Waals surface area contributed by atoms with Crippen molar-refractivity contribution in [3.8, 4) is 0 Å². The van der Waals surface area contributed by atoms with E-state index in [2.05, 4.69) is 10.3 Å². The predicted octanol–water partition coefficient (Wildman–Crippen LogP) is 1.07. The van der Waals surface area contributed by atoms with E-state index in [0.717, 1.165) is 44.7 Å². The average molecular weight is 260 g/mol. The van der Waals surface area contributed by atoms with Gasteiger partial charge < -0.3 is 15.1 Å². The lowest BCUT2D eigenvalue weighted by molar-refractivity contribution is 0.164. The average Bonchev–Trinajstić information content (AvgIpc) is 2.82. The number of piperidine rings is 1. The van der Waals surface area contributed by atoms with Gasteiger partial charge in [0.1, 0.15) is 0 Å². The number of pyridine rings is 1. The summed E-state index contributed by atoms with van der Waals surface area (Å²) in [4.78, 5) is 20.7. The minimum Gasteiger partial charge on any atom is -0.320 e. The quantitative estimate of drug-likeness (QED) is 0.884. The Morgan fingerprint density at radius 1 is 1.26 bits per heavy atom. The monoisotopic (exact) mass is 260 g/mol. The number of carbonyl (C=O) groups excluding carboxylic acids is 1. The molecule has 0 radical (unpaired) electrons. The number of nitrogens with zero attached hydrogens (tertiary/aromatic N) is 3. The second-order valence-corrected chi connectivity index (χ2v) is 5.20. The minimum absolute atomic E-state index is 0.178. The first-order valence-corrected chi connectivity index (χ1v) is 7.01. The first-order chi connectivity index (χ1) is 9.34. The van der Waals surface area contributed by atoms with Crippen molar-refractivity contribution in [1.29, 1.82) is 0 Å². The van der Waals surface area contributed by atoms with Crippen molar-refractivity contribution in [3.63, 3.8) is 0 Å². The Kier molecular flexibility index (Phi) is 3.64. The summed E-state index contributed by atoms with van der Waals surface area (Å²) in [6.07, 6.45) is 3.92. The van der Waals surface area contributed by atoms with Gasteiger partial charge in [-0.25, -0.2) is 4.79 Å². The van der Waals surface area contributed by atoms with Crippen LogP contribution in [0.5, 0.6) is 0 Å². The summed E-state index contributed by atoms with van der Waals surface area (Å²) in [6.45, 7) is 4.35. The summed E-state index contributed by atoms with van der Waals surface area (Å²) in [6, 6.07) is 6.44. The smallest absolute Gasteiger partial charge is 0.320 e. The first-order valence-electron chi connectivity index (χ1n) is 7.01. The van der Waals surface area contributed by atoms with E-state index in [1.165, 1.54) is 0 Å². The SMILES string of the molecule is O=C1N(Cc2ccccn2)CCN1C1CCNCC1. The van der Waals surface area contributed by atoms with Crippen molar-refractivity contribution in [2.45, 2.75) is 25.4 Å². The van der Waals surface area contributed by atoms with Gasteiger partial charge in [0, 0.05) is 25.3 Å². The van der Waals surface area contributed by atoms with Gasteiger partial charge in [0.15, 0.2) is 0 Å². The molecule has 0 saturated carbocycles. The van der Waals surface area contributed by atoms with Crippen molar-refractivity contribution in [3.05, 3.63) is 30.1 Å². The molecular formula is C14H20N4O. The fourth-order valence-electron chi connectivity index (χ4n) is 2.89. The third-order valence-electron chi connectivity index (χ3n) is 3.96. The standard InChI is InChI=1S/C14H20N4O/c19-14-17(11-12-3-1-2-6-16-12)9-10-18(14)13-4-7-15-8-5-13/h1-3,6,13,15H,4-5,7-11H2. The maximum absolute atomic E-state index is 12.4. The molecule has 5 nitrogen and oxygen atoms in total. The molecule has 3 heterocycles. The molecule has 3 rings (SSSR count). The Bertz CT molecular complexity index is 430. The molecule has 0 spiro atoms. The van der Waals surface area contributed by atoms with Crippen LogP contribution in [0.15, 0.2) is 24.4 Å². The predicted molar refractivity (Wildman–Crippen MR) is 72.6 cm³/mol. The third-order valence-corrected chi connectivity index (χ3v) is 3.96. The van der Waals surface area contributed by atoms with Crippen molar-refractivity contribution in [2.24, 2.45) is 0 Å². The number of nitrogens with one attached hydrogen (secondary N) is 1. The van der Waals surface area contributed by atoms with Crippen LogP contribution < -0.4 is 5.32 Å². The van der Waals surface area contributed by atoms with Gasteiger partial charge >= 0.3 is 6.03 Å². The zero-order valence-corrected chi connectivity index (χ0v) is 11.1. The van der Waals surface area contributed by atoms with Crippen LogP contribution in [0.4, 0.5) is 4.79 Å². The highest BCUT2D eigenvalue weighted by molar-refractivity contribution is 5.76. The van der Waals surface area contributed by atoms with Gasteiger partial charge in [-0.3, -0.25) is 4.98 Å². The molecule has 5 heteroatoms. The van der Waals surface area contributed by atoms with Gasteiger partial charge in [0.25, 0.3) is 0 Å². The van der Waals surface area contributed by atoms with Crippen LogP contribution in [0.2, 0.25) is 0 Å². The van der Waals surface area contributed by atoms with E-state index < -0.39 is 0 Å². The lowest BCUT2D eigenvalue weighted by Gasteiger charge is -2.31. The second-order valence-electron chi connectivity index (χ2n) is 5.20. The fraction of sp³-hybridized carbons (Fsp3) is 0.571. The molecular weight excluding hydrogens is 240 g/mol. The van der Waals surface area contributed by atoms with E-state index >= 15 is 0 Å². The normalized spacial score (nSPS) is 21.2. The molecule has 0 bridgehead atoms. The summed E-state index contributed by atoms with van der Waals surface area (Å²) in [5.74, 6) is 0. The Morgan fingerprint density at radius 3 is 2.84 bits per heavy atom. The molecule has 0 aromatic carbocycles. The molecule has 1 N–H and O–H groups in total. The number of amides is 2. The van der Waals surface area contributed by atoms with E-state index in [4.69, 9.17) is 0 Å². The van der Waals surface area contributed by atoms with Crippen LogP contribution in [-0.4, -0.2) is 53.0 Å². The molecule has 19 heavy (non-hydrogen) atoms. The highest BCUT2D eigenvalue weighted by atomic mass is 16.2. The summed E-state index contributed by atoms with van der Waals surface area (Å²) in [7, 11) is 0. The largest absolute Gasteiger partial charge is 0.320 e. The number of rotatable bonds is 3. The molecule has 2 fully saturated rings. The van der Waals surface area contributed by atoms with Crippen LogP contribution in [0.1, 0.15) is 18.5 Å². The molecule has 2 saturated heterocycles. The number of hydrogen-bond acceptors (Lipinski definition) is 3. The van der Waals surface area contributed by atoms with E-state index in [0.29, 0.717) is 12.6 Å². The fourth-order valence-corrected chi connectivity index (χ4v) is 2.89. The molecule has 1 aromatic heterocycles. The Labute approximate surface area is 113 Å². The van der Waals surface area contributed by atoms with Crippen LogP contribution in [-0.2, 0) is 6.54 Å². The topological polar surface area (TPSA) is 48.5 Å². The molecule has 102 valence electrons. The van der Waals surface area contributed by atoms with Gasteiger partial charge in [0.2, 0.25) is 0 Å². The number of carbonyl (C=O) groups is 1. The number of urea groups is 1. The highest BCUT2D eigenvalue weighted by Crippen LogP contribution is 2.19. The first kappa shape index (κ1) is 12.4. The summed E-state index contributed by atoms with van der Waals surface area (Å²) in [5.41, 5.74) is 0.961. The zero-order chi connectivity index (χ0) is 13.1. The second kappa shape index (κ2) is 5.57. The summed E-state index contributed by atoms with van der Waals surface area (Å²) < 4.78 is 0. The molecule has 1 aromatic rings. The molecule has 0 unspecified atom stereocenters. The molecule has 2 amide bonds. The number of aromatic nitrogens is 1.